The normalized spacial score (nSPS) is 31.8. The van der Waals surface area contributed by atoms with E-state index in [0.717, 1.165) is 6.42 Å². The van der Waals surface area contributed by atoms with Crippen LogP contribution >= 0.6 is 0 Å². The van der Waals surface area contributed by atoms with Crippen molar-refractivity contribution in [2.24, 2.45) is 17.1 Å². The van der Waals surface area contributed by atoms with E-state index < -0.39 is 17.6 Å². The van der Waals surface area contributed by atoms with Crippen LogP contribution in [0.3, 0.4) is 0 Å². The van der Waals surface area contributed by atoms with E-state index in [1.807, 2.05) is 20.8 Å². The van der Waals surface area contributed by atoms with Gasteiger partial charge in [0.15, 0.2) is 5.82 Å². The van der Waals surface area contributed by atoms with Crippen LogP contribution in [0.1, 0.15) is 45.3 Å². The van der Waals surface area contributed by atoms with Crippen molar-refractivity contribution in [3.05, 3.63) is 11.7 Å². The van der Waals surface area contributed by atoms with Gasteiger partial charge in [0.1, 0.15) is 0 Å². The summed E-state index contributed by atoms with van der Waals surface area (Å²) in [4.78, 5) is 3.42. The van der Waals surface area contributed by atoms with Crippen molar-refractivity contribution in [3.8, 4) is 0 Å². The van der Waals surface area contributed by atoms with E-state index in [2.05, 4.69) is 14.7 Å². The highest BCUT2D eigenvalue weighted by atomic mass is 19.4. The Hall–Kier alpha value is -1.11. The van der Waals surface area contributed by atoms with E-state index in [4.69, 9.17) is 5.73 Å². The lowest BCUT2D eigenvalue weighted by molar-refractivity contribution is -0.159. The number of hydrogen-bond donors (Lipinski definition) is 1. The molecule has 0 bridgehead atoms. The number of aromatic nitrogens is 2. The molecule has 7 heteroatoms. The molecule has 2 N–H and O–H groups in total. The highest BCUT2D eigenvalue weighted by Crippen LogP contribution is 2.50. The minimum atomic E-state index is -4.63. The third kappa shape index (κ3) is 2.11. The van der Waals surface area contributed by atoms with Crippen LogP contribution in [-0.2, 0) is 11.7 Å². The van der Waals surface area contributed by atoms with Gasteiger partial charge in [0, 0.05) is 0 Å². The van der Waals surface area contributed by atoms with Gasteiger partial charge in [-0.05, 0) is 24.2 Å². The van der Waals surface area contributed by atoms with Gasteiger partial charge in [-0.2, -0.15) is 18.2 Å². The molecule has 18 heavy (non-hydrogen) atoms. The lowest BCUT2D eigenvalue weighted by atomic mass is 9.87. The molecule has 2 unspecified atom stereocenters. The molecule has 4 nitrogen and oxygen atoms in total. The lowest BCUT2D eigenvalue weighted by Gasteiger charge is -2.25. The van der Waals surface area contributed by atoms with Gasteiger partial charge < -0.3 is 10.3 Å². The van der Waals surface area contributed by atoms with Crippen LogP contribution in [0.5, 0.6) is 0 Å². The second kappa shape index (κ2) is 3.69. The molecule has 1 heterocycles. The molecule has 0 radical (unpaired) electrons. The summed E-state index contributed by atoms with van der Waals surface area (Å²) in [7, 11) is 0. The monoisotopic (exact) mass is 263 g/mol. The number of alkyl halides is 3. The van der Waals surface area contributed by atoms with E-state index >= 15 is 0 Å². The minimum Gasteiger partial charge on any atom is -0.329 e. The van der Waals surface area contributed by atoms with Crippen molar-refractivity contribution in [2.45, 2.75) is 45.3 Å². The topological polar surface area (TPSA) is 64.9 Å². The van der Waals surface area contributed by atoms with Gasteiger partial charge in [-0.25, -0.2) is 0 Å². The summed E-state index contributed by atoms with van der Waals surface area (Å²) < 4.78 is 41.5. The maximum absolute atomic E-state index is 12.4. The summed E-state index contributed by atoms with van der Waals surface area (Å²) in [6.07, 6.45) is -3.27. The molecule has 0 aromatic carbocycles. The summed E-state index contributed by atoms with van der Waals surface area (Å²) >= 11 is 0. The van der Waals surface area contributed by atoms with Gasteiger partial charge in [0.25, 0.3) is 0 Å². The van der Waals surface area contributed by atoms with Crippen LogP contribution in [0, 0.1) is 11.3 Å². The van der Waals surface area contributed by atoms with Crippen molar-refractivity contribution >= 4 is 0 Å². The highest BCUT2D eigenvalue weighted by Gasteiger charge is 2.51. The van der Waals surface area contributed by atoms with Gasteiger partial charge >= 0.3 is 12.1 Å². The molecule has 1 aliphatic rings. The van der Waals surface area contributed by atoms with Crippen molar-refractivity contribution < 1.29 is 17.7 Å². The number of rotatable bonds is 1. The Balaban J connectivity index is 2.34. The smallest absolute Gasteiger partial charge is 0.329 e. The Morgan fingerprint density at radius 3 is 2.39 bits per heavy atom. The fraction of sp³-hybridized carbons (Fsp3) is 0.818. The van der Waals surface area contributed by atoms with E-state index in [0.29, 0.717) is 6.42 Å². The zero-order valence-corrected chi connectivity index (χ0v) is 10.5. The summed E-state index contributed by atoms with van der Waals surface area (Å²) in [6.45, 7) is 5.96. The van der Waals surface area contributed by atoms with Crippen LogP contribution in [0.25, 0.3) is 0 Å². The van der Waals surface area contributed by atoms with Crippen LogP contribution in [0.15, 0.2) is 4.52 Å². The second-order valence-corrected chi connectivity index (χ2v) is 5.91. The molecule has 0 spiro atoms. The van der Waals surface area contributed by atoms with E-state index in [1.54, 1.807) is 0 Å². The largest absolute Gasteiger partial charge is 0.471 e. The summed E-state index contributed by atoms with van der Waals surface area (Å²) in [5.74, 6) is -1.38. The molecule has 2 atom stereocenters. The van der Waals surface area contributed by atoms with E-state index in [-0.39, 0.29) is 17.2 Å². The Labute approximate surface area is 103 Å². The van der Waals surface area contributed by atoms with Crippen LogP contribution in [-0.4, -0.2) is 10.1 Å². The number of nitrogens with two attached hydrogens (primary N) is 1. The van der Waals surface area contributed by atoms with Crippen molar-refractivity contribution in [3.63, 3.8) is 0 Å². The third-order valence-electron chi connectivity index (χ3n) is 3.59. The molecule has 1 aliphatic carbocycles. The van der Waals surface area contributed by atoms with Gasteiger partial charge in [-0.1, -0.05) is 25.9 Å². The van der Waals surface area contributed by atoms with E-state index in [1.165, 1.54) is 0 Å². The second-order valence-electron chi connectivity index (χ2n) is 5.91. The number of halogens is 3. The Kier molecular flexibility index (Phi) is 2.73. The average molecular weight is 263 g/mol. The number of hydrogen-bond acceptors (Lipinski definition) is 4. The molecule has 2 rings (SSSR count). The quantitative estimate of drug-likeness (QED) is 0.846. The molecular formula is C11H16F3N3O. The fourth-order valence-corrected chi connectivity index (χ4v) is 2.88. The molecule has 1 fully saturated rings. The van der Waals surface area contributed by atoms with Crippen molar-refractivity contribution in [1.82, 2.24) is 10.1 Å². The predicted octanol–water partition coefficient (Wildman–Crippen LogP) is 2.70. The first kappa shape index (κ1) is 13.3. The first-order valence-electron chi connectivity index (χ1n) is 5.75. The van der Waals surface area contributed by atoms with Crippen LogP contribution in [0.2, 0.25) is 0 Å². The lowest BCUT2D eigenvalue weighted by Crippen LogP contribution is -2.40. The first-order chi connectivity index (χ1) is 8.05. The van der Waals surface area contributed by atoms with Crippen molar-refractivity contribution in [1.29, 1.82) is 0 Å². The molecule has 0 aliphatic heterocycles. The Bertz CT molecular complexity index is 455. The molecule has 1 aromatic heterocycles. The van der Waals surface area contributed by atoms with E-state index in [9.17, 15) is 13.2 Å². The summed E-state index contributed by atoms with van der Waals surface area (Å²) in [5.41, 5.74) is 5.22. The molecule has 102 valence electrons. The first-order valence-corrected chi connectivity index (χ1v) is 5.75. The summed E-state index contributed by atoms with van der Waals surface area (Å²) in [5, 5.41) is 3.42. The van der Waals surface area contributed by atoms with Crippen molar-refractivity contribution in [2.75, 3.05) is 0 Å². The zero-order chi connectivity index (χ0) is 13.8. The van der Waals surface area contributed by atoms with Crippen LogP contribution in [0.4, 0.5) is 13.2 Å². The predicted molar refractivity (Wildman–Crippen MR) is 57.3 cm³/mol. The highest BCUT2D eigenvalue weighted by molar-refractivity contribution is 5.13. The van der Waals surface area contributed by atoms with Gasteiger partial charge in [-0.15, -0.1) is 0 Å². The van der Waals surface area contributed by atoms with Gasteiger partial charge in [0.2, 0.25) is 0 Å². The molecule has 0 amide bonds. The molecule has 1 aromatic rings. The van der Waals surface area contributed by atoms with Gasteiger partial charge in [-0.3, -0.25) is 0 Å². The molecule has 1 saturated carbocycles. The molecule has 0 saturated heterocycles. The van der Waals surface area contributed by atoms with Gasteiger partial charge in [0.05, 0.1) is 5.54 Å². The molecular weight excluding hydrogens is 247 g/mol. The fourth-order valence-electron chi connectivity index (χ4n) is 2.88. The SMILES string of the molecule is CC1CC(C)(C)CC1(N)c1noc(C(F)(F)F)n1. The maximum atomic E-state index is 12.4. The summed E-state index contributed by atoms with van der Waals surface area (Å²) in [6, 6.07) is 0. The maximum Gasteiger partial charge on any atom is 0.471 e. The average Bonchev–Trinajstić information content (AvgIpc) is 2.69. The van der Waals surface area contributed by atoms with Crippen LogP contribution < -0.4 is 5.73 Å². The Morgan fingerprint density at radius 2 is 2.00 bits per heavy atom. The zero-order valence-electron chi connectivity index (χ0n) is 10.5. The Morgan fingerprint density at radius 1 is 1.39 bits per heavy atom. The third-order valence-corrected chi connectivity index (χ3v) is 3.59. The standard InChI is InChI=1S/C11H16F3N3O/c1-6-4-9(2,3)5-10(6,15)7-16-8(18-17-7)11(12,13)14/h6H,4-5,15H2,1-3H3. The minimum absolute atomic E-state index is 0.00573. The number of nitrogens with zero attached hydrogens (tertiary/aromatic N) is 2.